The van der Waals surface area contributed by atoms with Gasteiger partial charge in [0.05, 0.1) is 30.1 Å². The number of rotatable bonds is 3. The maximum atomic E-state index is 14.3. The number of para-hydroxylation sites is 2. The summed E-state index contributed by atoms with van der Waals surface area (Å²) in [6.45, 7) is 0.0545. The van der Waals surface area contributed by atoms with Crippen LogP contribution in [0.4, 0.5) is 15.8 Å². The third-order valence-corrected chi connectivity index (χ3v) is 4.89. The molecule has 134 valence electrons. The Bertz CT molecular complexity index is 1010. The Kier molecular flexibility index (Phi) is 4.73. The zero-order valence-corrected chi connectivity index (χ0v) is 15.2. The number of carbonyl (C=O) groups is 1. The molecular weight excluding hydrogens is 363 g/mol. The van der Waals surface area contributed by atoms with Crippen molar-refractivity contribution in [2.45, 2.75) is 13.0 Å². The normalized spacial score (nSPS) is 13.8. The Morgan fingerprint density at radius 1 is 0.963 bits per heavy atom. The number of hydrogen-bond acceptors (Lipinski definition) is 2. The second-order valence-corrected chi connectivity index (χ2v) is 6.68. The molecule has 0 unspecified atom stereocenters. The Hall–Kier alpha value is -2.98. The molecule has 0 spiro atoms. The van der Waals surface area contributed by atoms with Crippen LogP contribution in [0.1, 0.15) is 17.5 Å². The molecule has 0 radical (unpaired) electrons. The minimum Gasteiger partial charge on any atom is -0.305 e. The number of nitrogens with zero attached hydrogens (tertiary/aromatic N) is 2. The van der Waals surface area contributed by atoms with Gasteiger partial charge in [-0.25, -0.2) is 4.39 Å². The first-order chi connectivity index (χ1) is 13.1. The molecule has 5 heteroatoms. The molecule has 3 aromatic carbocycles. The van der Waals surface area contributed by atoms with E-state index in [1.54, 1.807) is 17.0 Å². The molecule has 0 aromatic heterocycles. The van der Waals surface area contributed by atoms with Gasteiger partial charge in [0.1, 0.15) is 5.82 Å². The first-order valence-corrected chi connectivity index (χ1v) is 8.96. The smallest absolute Gasteiger partial charge is 0.233 e. The third-order valence-electron chi connectivity index (χ3n) is 4.53. The summed E-state index contributed by atoms with van der Waals surface area (Å²) in [5.41, 5.74) is 3.20. The summed E-state index contributed by atoms with van der Waals surface area (Å²) in [7, 11) is 0. The third kappa shape index (κ3) is 3.49. The molecule has 0 saturated carbocycles. The number of benzene rings is 3. The van der Waals surface area contributed by atoms with Gasteiger partial charge < -0.3 is 4.90 Å². The second kappa shape index (κ2) is 7.33. The van der Waals surface area contributed by atoms with Gasteiger partial charge in [-0.1, -0.05) is 60.1 Å². The Morgan fingerprint density at radius 3 is 2.48 bits per heavy atom. The minimum atomic E-state index is -0.429. The minimum absolute atomic E-state index is 0.0545. The highest BCUT2D eigenvalue weighted by Gasteiger charge is 2.26. The average Bonchev–Trinajstić information content (AvgIpc) is 2.82. The lowest BCUT2D eigenvalue weighted by Gasteiger charge is -2.23. The van der Waals surface area contributed by atoms with E-state index < -0.39 is 5.82 Å². The van der Waals surface area contributed by atoms with Crippen molar-refractivity contribution in [3.8, 4) is 0 Å². The number of hydrogen-bond donors (Lipinski definition) is 0. The van der Waals surface area contributed by atoms with Crippen LogP contribution in [-0.4, -0.2) is 11.6 Å². The molecule has 0 N–H and O–H groups in total. The SMILES string of the molecule is O=C1CC(c2ccccc2)=Nc2ccccc2N1Cc1c(F)cccc1Cl. The molecule has 0 aliphatic carbocycles. The van der Waals surface area contributed by atoms with Crippen molar-refractivity contribution in [2.75, 3.05) is 4.90 Å². The molecule has 1 heterocycles. The van der Waals surface area contributed by atoms with Crippen molar-refractivity contribution in [1.29, 1.82) is 0 Å². The predicted octanol–water partition coefficient (Wildman–Crippen LogP) is 5.54. The van der Waals surface area contributed by atoms with E-state index >= 15 is 0 Å². The summed E-state index contributed by atoms with van der Waals surface area (Å²) >= 11 is 6.18. The fraction of sp³-hybridized carbons (Fsp3) is 0.0909. The van der Waals surface area contributed by atoms with Crippen LogP contribution in [-0.2, 0) is 11.3 Å². The Balaban J connectivity index is 1.78. The zero-order valence-electron chi connectivity index (χ0n) is 14.4. The van der Waals surface area contributed by atoms with E-state index in [0.29, 0.717) is 27.7 Å². The lowest BCUT2D eigenvalue weighted by Crippen LogP contribution is -2.31. The monoisotopic (exact) mass is 378 g/mol. The number of aliphatic imine (C=N–C) groups is 1. The molecule has 0 fully saturated rings. The fourth-order valence-corrected chi connectivity index (χ4v) is 3.38. The van der Waals surface area contributed by atoms with Crippen LogP contribution in [0.15, 0.2) is 77.8 Å². The molecule has 3 nitrogen and oxygen atoms in total. The molecule has 1 aliphatic heterocycles. The highest BCUT2D eigenvalue weighted by molar-refractivity contribution is 6.31. The number of fused-ring (bicyclic) bond motifs is 1. The van der Waals surface area contributed by atoms with Crippen molar-refractivity contribution < 1.29 is 9.18 Å². The van der Waals surface area contributed by atoms with E-state index in [1.807, 2.05) is 54.6 Å². The molecule has 1 aliphatic rings. The van der Waals surface area contributed by atoms with Crippen molar-refractivity contribution in [2.24, 2.45) is 4.99 Å². The highest BCUT2D eigenvalue weighted by Crippen LogP contribution is 2.35. The molecule has 0 atom stereocenters. The van der Waals surface area contributed by atoms with E-state index in [9.17, 15) is 9.18 Å². The van der Waals surface area contributed by atoms with Gasteiger partial charge in [-0.3, -0.25) is 9.79 Å². The van der Waals surface area contributed by atoms with Gasteiger partial charge in [-0.05, 0) is 29.8 Å². The zero-order chi connectivity index (χ0) is 18.8. The lowest BCUT2D eigenvalue weighted by atomic mass is 10.1. The summed E-state index contributed by atoms with van der Waals surface area (Å²) in [5.74, 6) is -0.580. The van der Waals surface area contributed by atoms with Crippen LogP contribution < -0.4 is 4.90 Å². The summed E-state index contributed by atoms with van der Waals surface area (Å²) in [5, 5.41) is 0.300. The molecule has 0 saturated heterocycles. The van der Waals surface area contributed by atoms with E-state index in [0.717, 1.165) is 5.56 Å². The van der Waals surface area contributed by atoms with Gasteiger partial charge in [-0.15, -0.1) is 0 Å². The molecule has 1 amide bonds. The van der Waals surface area contributed by atoms with Crippen LogP contribution in [0.5, 0.6) is 0 Å². The standard InChI is InChI=1S/C22H16ClFN2O/c23-17-9-6-10-18(24)16(17)14-26-21-12-5-4-11-19(21)25-20(13-22(26)27)15-7-2-1-3-8-15/h1-12H,13-14H2. The van der Waals surface area contributed by atoms with Gasteiger partial charge in [0, 0.05) is 10.6 Å². The fourth-order valence-electron chi connectivity index (χ4n) is 3.16. The highest BCUT2D eigenvalue weighted by atomic mass is 35.5. The van der Waals surface area contributed by atoms with Crippen molar-refractivity contribution in [3.63, 3.8) is 0 Å². The second-order valence-electron chi connectivity index (χ2n) is 6.27. The maximum Gasteiger partial charge on any atom is 0.233 e. The van der Waals surface area contributed by atoms with Crippen LogP contribution in [0, 0.1) is 5.82 Å². The topological polar surface area (TPSA) is 32.7 Å². The quantitative estimate of drug-likeness (QED) is 0.589. The summed E-state index contributed by atoms with van der Waals surface area (Å²) in [6, 6.07) is 21.5. The number of carbonyl (C=O) groups excluding carboxylic acids is 1. The van der Waals surface area contributed by atoms with Gasteiger partial charge in [-0.2, -0.15) is 0 Å². The molecule has 0 bridgehead atoms. The number of halogens is 2. The number of amides is 1. The van der Waals surface area contributed by atoms with Crippen LogP contribution in [0.2, 0.25) is 5.02 Å². The van der Waals surface area contributed by atoms with Gasteiger partial charge >= 0.3 is 0 Å². The molecule has 4 rings (SSSR count). The average molecular weight is 379 g/mol. The molecule has 27 heavy (non-hydrogen) atoms. The number of anilines is 1. The Labute approximate surface area is 161 Å². The summed E-state index contributed by atoms with van der Waals surface area (Å²) in [6.07, 6.45) is 0.130. The maximum absolute atomic E-state index is 14.3. The summed E-state index contributed by atoms with van der Waals surface area (Å²) < 4.78 is 14.3. The Morgan fingerprint density at radius 2 is 1.70 bits per heavy atom. The van der Waals surface area contributed by atoms with Gasteiger partial charge in [0.15, 0.2) is 0 Å². The van der Waals surface area contributed by atoms with Crippen molar-refractivity contribution >= 4 is 34.6 Å². The summed E-state index contributed by atoms with van der Waals surface area (Å²) in [4.78, 5) is 19.3. The molecule has 3 aromatic rings. The van der Waals surface area contributed by atoms with Crippen molar-refractivity contribution in [3.05, 3.63) is 94.8 Å². The van der Waals surface area contributed by atoms with E-state index in [1.165, 1.54) is 6.07 Å². The van der Waals surface area contributed by atoms with Crippen LogP contribution in [0.3, 0.4) is 0 Å². The van der Waals surface area contributed by atoms with Gasteiger partial charge in [0.25, 0.3) is 0 Å². The van der Waals surface area contributed by atoms with E-state index in [4.69, 9.17) is 16.6 Å². The van der Waals surface area contributed by atoms with Gasteiger partial charge in [0.2, 0.25) is 5.91 Å². The van der Waals surface area contributed by atoms with Crippen molar-refractivity contribution in [1.82, 2.24) is 0 Å². The largest absolute Gasteiger partial charge is 0.305 e. The van der Waals surface area contributed by atoms with E-state index in [-0.39, 0.29) is 18.9 Å². The van der Waals surface area contributed by atoms with Crippen LogP contribution in [0.25, 0.3) is 0 Å². The predicted molar refractivity (Wildman–Crippen MR) is 106 cm³/mol. The van der Waals surface area contributed by atoms with Crippen LogP contribution >= 0.6 is 11.6 Å². The van der Waals surface area contributed by atoms with E-state index in [2.05, 4.69) is 0 Å². The lowest BCUT2D eigenvalue weighted by molar-refractivity contribution is -0.117. The first kappa shape index (κ1) is 17.4. The molecular formula is C22H16ClFN2O. The first-order valence-electron chi connectivity index (χ1n) is 8.59.